The zero-order valence-electron chi connectivity index (χ0n) is 11.2. The van der Waals surface area contributed by atoms with Crippen LogP contribution < -0.4 is 0 Å². The summed E-state index contributed by atoms with van der Waals surface area (Å²) < 4.78 is 1.93. The lowest BCUT2D eigenvalue weighted by Gasteiger charge is -2.29. The Bertz CT molecular complexity index is 473. The van der Waals surface area contributed by atoms with E-state index in [1.807, 2.05) is 4.57 Å². The van der Waals surface area contributed by atoms with Gasteiger partial charge >= 0.3 is 5.97 Å². The van der Waals surface area contributed by atoms with E-state index in [0.717, 1.165) is 31.0 Å². The Balaban J connectivity index is 2.31. The number of aromatic nitrogens is 3. The summed E-state index contributed by atoms with van der Waals surface area (Å²) in [6.07, 6.45) is 3.26. The van der Waals surface area contributed by atoms with Gasteiger partial charge in [0.15, 0.2) is 11.0 Å². The third-order valence-electron chi connectivity index (χ3n) is 3.71. The quantitative estimate of drug-likeness (QED) is 0.801. The van der Waals surface area contributed by atoms with Crippen molar-refractivity contribution in [2.24, 2.45) is 5.41 Å². The van der Waals surface area contributed by atoms with Crippen LogP contribution in [0.15, 0.2) is 5.16 Å². The van der Waals surface area contributed by atoms with Crippen LogP contribution in [0.2, 0.25) is 0 Å². The van der Waals surface area contributed by atoms with Crippen LogP contribution in [0.25, 0.3) is 0 Å². The normalized spacial score (nSPS) is 21.7. The van der Waals surface area contributed by atoms with Gasteiger partial charge in [-0.25, -0.2) is 0 Å². The molecule has 1 heterocycles. The molecule has 0 saturated heterocycles. The SMILES string of the molecule is CC1(C)CCCC1n1c(CO)nnc1SCC(=O)O. The predicted octanol–water partition coefficient (Wildman–Crippen LogP) is 1.70. The first-order valence-corrected chi connectivity index (χ1v) is 7.33. The number of carboxylic acid groups (broad SMARTS) is 1. The summed E-state index contributed by atoms with van der Waals surface area (Å²) in [6, 6.07) is 0.223. The second kappa shape index (κ2) is 5.50. The summed E-state index contributed by atoms with van der Waals surface area (Å²) in [5.74, 6) is -0.403. The molecule has 1 aromatic rings. The van der Waals surface area contributed by atoms with E-state index in [9.17, 15) is 9.90 Å². The molecule has 1 atom stereocenters. The molecular weight excluding hydrogens is 266 g/mol. The second-order valence-electron chi connectivity index (χ2n) is 5.51. The molecule has 1 aromatic heterocycles. The predicted molar refractivity (Wildman–Crippen MR) is 71.0 cm³/mol. The number of aliphatic hydroxyl groups is 1. The lowest BCUT2D eigenvalue weighted by Crippen LogP contribution is -2.24. The zero-order valence-corrected chi connectivity index (χ0v) is 12.0. The van der Waals surface area contributed by atoms with E-state index in [2.05, 4.69) is 24.0 Å². The number of rotatable bonds is 5. The summed E-state index contributed by atoms with van der Waals surface area (Å²) >= 11 is 1.16. The minimum Gasteiger partial charge on any atom is -0.481 e. The fourth-order valence-electron chi connectivity index (χ4n) is 2.74. The monoisotopic (exact) mass is 285 g/mol. The van der Waals surface area contributed by atoms with Crippen LogP contribution in [-0.4, -0.2) is 36.7 Å². The Kier molecular flexibility index (Phi) is 4.15. The minimum absolute atomic E-state index is 0.0449. The van der Waals surface area contributed by atoms with Crippen molar-refractivity contribution in [1.29, 1.82) is 0 Å². The van der Waals surface area contributed by atoms with Gasteiger partial charge in [-0.15, -0.1) is 10.2 Å². The number of aliphatic carboxylic acids is 1. The van der Waals surface area contributed by atoms with Gasteiger partial charge in [0.2, 0.25) is 0 Å². The fourth-order valence-corrected chi connectivity index (χ4v) is 3.46. The summed E-state index contributed by atoms with van der Waals surface area (Å²) in [5, 5.41) is 26.7. The van der Waals surface area contributed by atoms with Crippen LogP contribution >= 0.6 is 11.8 Å². The molecule has 1 fully saturated rings. The van der Waals surface area contributed by atoms with Crippen molar-refractivity contribution in [2.75, 3.05) is 5.75 Å². The van der Waals surface area contributed by atoms with Crippen molar-refractivity contribution in [1.82, 2.24) is 14.8 Å². The van der Waals surface area contributed by atoms with Gasteiger partial charge in [0.25, 0.3) is 0 Å². The summed E-state index contributed by atoms with van der Waals surface area (Å²) in [6.45, 7) is 4.21. The van der Waals surface area contributed by atoms with Gasteiger partial charge in [0, 0.05) is 6.04 Å². The molecule has 0 aromatic carbocycles. The van der Waals surface area contributed by atoms with E-state index >= 15 is 0 Å². The van der Waals surface area contributed by atoms with Crippen molar-refractivity contribution < 1.29 is 15.0 Å². The topological polar surface area (TPSA) is 88.2 Å². The standard InChI is InChI=1S/C12H19N3O3S/c1-12(2)5-3-4-8(12)15-9(6-16)13-14-11(15)19-7-10(17)18/h8,16H,3-7H2,1-2H3,(H,17,18). The van der Waals surface area contributed by atoms with E-state index < -0.39 is 5.97 Å². The van der Waals surface area contributed by atoms with E-state index in [1.54, 1.807) is 0 Å². The third kappa shape index (κ3) is 2.92. The lowest BCUT2D eigenvalue weighted by atomic mass is 9.87. The maximum atomic E-state index is 10.7. The molecule has 6 nitrogen and oxygen atoms in total. The molecule has 0 radical (unpaired) electrons. The van der Waals surface area contributed by atoms with Crippen molar-refractivity contribution in [3.63, 3.8) is 0 Å². The molecule has 1 aliphatic carbocycles. The van der Waals surface area contributed by atoms with Gasteiger partial charge in [0.1, 0.15) is 6.61 Å². The number of aliphatic hydroxyl groups excluding tert-OH is 1. The van der Waals surface area contributed by atoms with Gasteiger partial charge in [-0.3, -0.25) is 4.79 Å². The van der Waals surface area contributed by atoms with Gasteiger partial charge in [-0.05, 0) is 18.3 Å². The molecule has 7 heteroatoms. The first-order chi connectivity index (χ1) is 8.95. The van der Waals surface area contributed by atoms with Crippen molar-refractivity contribution in [2.45, 2.75) is 50.9 Å². The summed E-state index contributed by atoms with van der Waals surface area (Å²) in [5.41, 5.74) is 0.116. The maximum absolute atomic E-state index is 10.7. The van der Waals surface area contributed by atoms with Crippen LogP contribution in [0.5, 0.6) is 0 Å². The van der Waals surface area contributed by atoms with Gasteiger partial charge < -0.3 is 14.8 Å². The molecule has 2 N–H and O–H groups in total. The molecule has 106 valence electrons. The van der Waals surface area contributed by atoms with Crippen LogP contribution in [0, 0.1) is 5.41 Å². The smallest absolute Gasteiger partial charge is 0.313 e. The molecule has 0 spiro atoms. The number of hydrogen-bond donors (Lipinski definition) is 2. The highest BCUT2D eigenvalue weighted by atomic mass is 32.2. The Morgan fingerprint density at radius 3 is 2.79 bits per heavy atom. The van der Waals surface area contributed by atoms with Crippen LogP contribution in [0.3, 0.4) is 0 Å². The van der Waals surface area contributed by atoms with E-state index in [-0.39, 0.29) is 23.8 Å². The molecular formula is C12H19N3O3S. The van der Waals surface area contributed by atoms with Crippen LogP contribution in [-0.2, 0) is 11.4 Å². The van der Waals surface area contributed by atoms with Gasteiger partial charge in [-0.1, -0.05) is 32.0 Å². The molecule has 0 bridgehead atoms. The lowest BCUT2D eigenvalue weighted by molar-refractivity contribution is -0.133. The molecule has 1 aliphatic rings. The van der Waals surface area contributed by atoms with Gasteiger partial charge in [-0.2, -0.15) is 0 Å². The number of hydrogen-bond acceptors (Lipinski definition) is 5. The van der Waals surface area contributed by atoms with Gasteiger partial charge in [0.05, 0.1) is 5.75 Å². The second-order valence-corrected chi connectivity index (χ2v) is 6.45. The molecule has 1 saturated carbocycles. The average molecular weight is 285 g/mol. The third-order valence-corrected chi connectivity index (χ3v) is 4.64. The highest BCUT2D eigenvalue weighted by Crippen LogP contribution is 2.47. The average Bonchev–Trinajstić information content (AvgIpc) is 2.88. The van der Waals surface area contributed by atoms with Crippen molar-refractivity contribution in [3.8, 4) is 0 Å². The fraction of sp³-hybridized carbons (Fsp3) is 0.750. The number of carbonyl (C=O) groups is 1. The zero-order chi connectivity index (χ0) is 14.0. The molecule has 19 heavy (non-hydrogen) atoms. The number of thioether (sulfide) groups is 1. The molecule has 0 aliphatic heterocycles. The first-order valence-electron chi connectivity index (χ1n) is 6.35. The summed E-state index contributed by atoms with van der Waals surface area (Å²) in [4.78, 5) is 10.7. The van der Waals surface area contributed by atoms with Crippen LogP contribution in [0.1, 0.15) is 45.0 Å². The maximum Gasteiger partial charge on any atom is 0.313 e. The largest absolute Gasteiger partial charge is 0.481 e. The molecule has 0 amide bonds. The Morgan fingerprint density at radius 1 is 1.53 bits per heavy atom. The van der Waals surface area contributed by atoms with E-state index in [0.29, 0.717) is 11.0 Å². The van der Waals surface area contributed by atoms with E-state index in [1.165, 1.54) is 0 Å². The summed E-state index contributed by atoms with van der Waals surface area (Å²) in [7, 11) is 0. The highest BCUT2D eigenvalue weighted by molar-refractivity contribution is 7.99. The molecule has 2 rings (SSSR count). The van der Waals surface area contributed by atoms with Crippen LogP contribution in [0.4, 0.5) is 0 Å². The number of nitrogens with zero attached hydrogens (tertiary/aromatic N) is 3. The van der Waals surface area contributed by atoms with E-state index in [4.69, 9.17) is 5.11 Å². The first kappa shape index (κ1) is 14.3. The van der Waals surface area contributed by atoms with Crippen molar-refractivity contribution >= 4 is 17.7 Å². The molecule has 1 unspecified atom stereocenters. The number of carboxylic acids is 1. The highest BCUT2D eigenvalue weighted by Gasteiger charge is 2.38. The van der Waals surface area contributed by atoms with Crippen molar-refractivity contribution in [3.05, 3.63) is 5.82 Å². The Labute approximate surface area is 116 Å². The Hall–Kier alpha value is -1.08. The Morgan fingerprint density at radius 2 is 2.26 bits per heavy atom. The minimum atomic E-state index is -0.879.